The molecule has 1 aliphatic rings. The minimum Gasteiger partial charge on any atom is -0.336 e. The van der Waals surface area contributed by atoms with Gasteiger partial charge in [0.15, 0.2) is 0 Å². The van der Waals surface area contributed by atoms with Crippen molar-refractivity contribution in [2.45, 2.75) is 57.9 Å². The Morgan fingerprint density at radius 1 is 0.732 bits per heavy atom. The number of benzene rings is 5. The van der Waals surface area contributed by atoms with Gasteiger partial charge in [-0.3, -0.25) is 10.1 Å². The summed E-state index contributed by atoms with van der Waals surface area (Å²) in [6.45, 7) is 9.67. The molecule has 7 rings (SSSR count). The molecule has 204 valence electrons. The summed E-state index contributed by atoms with van der Waals surface area (Å²) in [6.07, 6.45) is 2.07. The van der Waals surface area contributed by atoms with Crippen LogP contribution in [0.2, 0.25) is 0 Å². The second-order valence-corrected chi connectivity index (χ2v) is 12.9. The lowest BCUT2D eigenvalue weighted by molar-refractivity contribution is -0.384. The van der Waals surface area contributed by atoms with Crippen molar-refractivity contribution in [1.29, 1.82) is 0 Å². The van der Waals surface area contributed by atoms with Gasteiger partial charge in [-0.1, -0.05) is 100 Å². The highest BCUT2D eigenvalue weighted by molar-refractivity contribution is 6.21. The van der Waals surface area contributed by atoms with Crippen molar-refractivity contribution in [3.8, 4) is 11.1 Å². The van der Waals surface area contributed by atoms with Gasteiger partial charge < -0.3 is 4.57 Å². The highest BCUT2D eigenvalue weighted by atomic mass is 16.6. The fourth-order valence-corrected chi connectivity index (χ4v) is 6.95. The van der Waals surface area contributed by atoms with Crippen LogP contribution < -0.4 is 0 Å². The minimum absolute atomic E-state index is 0.0417. The van der Waals surface area contributed by atoms with Gasteiger partial charge in [0.05, 0.1) is 21.5 Å². The molecule has 0 radical (unpaired) electrons. The average Bonchev–Trinajstić information content (AvgIpc) is 3.28. The molecule has 0 unspecified atom stereocenters. The number of fused-ring (bicyclic) bond motifs is 6. The Morgan fingerprint density at radius 2 is 1.41 bits per heavy atom. The van der Waals surface area contributed by atoms with E-state index >= 15 is 0 Å². The Hall–Kier alpha value is -4.44. The van der Waals surface area contributed by atoms with Crippen LogP contribution in [-0.2, 0) is 17.4 Å². The molecule has 0 saturated carbocycles. The fourth-order valence-electron chi connectivity index (χ4n) is 6.95. The quantitative estimate of drug-likeness (QED) is 0.166. The zero-order valence-electron chi connectivity index (χ0n) is 24.1. The van der Waals surface area contributed by atoms with Gasteiger partial charge in [0.2, 0.25) is 0 Å². The summed E-state index contributed by atoms with van der Waals surface area (Å²) in [5.41, 5.74) is 7.43. The van der Waals surface area contributed by atoms with Crippen molar-refractivity contribution >= 4 is 38.3 Å². The van der Waals surface area contributed by atoms with Crippen LogP contribution >= 0.6 is 0 Å². The molecular weight excluding hydrogens is 504 g/mol. The lowest BCUT2D eigenvalue weighted by Gasteiger charge is -2.41. The Morgan fingerprint density at radius 3 is 2.15 bits per heavy atom. The summed E-state index contributed by atoms with van der Waals surface area (Å²) >= 11 is 0. The summed E-state index contributed by atoms with van der Waals surface area (Å²) in [7, 11) is 0. The predicted molar refractivity (Wildman–Crippen MR) is 170 cm³/mol. The third-order valence-electron chi connectivity index (χ3n) is 9.42. The maximum atomic E-state index is 12.5. The highest BCUT2D eigenvalue weighted by Gasteiger charge is 2.39. The predicted octanol–water partition coefficient (Wildman–Crippen LogP) is 9.92. The normalized spacial score (nSPS) is 15.8. The van der Waals surface area contributed by atoms with Crippen molar-refractivity contribution in [2.75, 3.05) is 0 Å². The van der Waals surface area contributed by atoms with Crippen LogP contribution in [0.15, 0.2) is 97.1 Å². The van der Waals surface area contributed by atoms with E-state index in [0.717, 1.165) is 36.0 Å². The molecule has 1 aliphatic carbocycles. The molecule has 4 nitrogen and oxygen atoms in total. The van der Waals surface area contributed by atoms with Gasteiger partial charge in [0.25, 0.3) is 5.69 Å². The maximum Gasteiger partial charge on any atom is 0.277 e. The van der Waals surface area contributed by atoms with Crippen LogP contribution in [0.4, 0.5) is 5.69 Å². The van der Waals surface area contributed by atoms with Gasteiger partial charge in [0, 0.05) is 23.4 Å². The van der Waals surface area contributed by atoms with Crippen LogP contribution in [0.5, 0.6) is 0 Å². The molecular formula is C37H34N2O2. The van der Waals surface area contributed by atoms with Crippen LogP contribution in [0.3, 0.4) is 0 Å². The largest absolute Gasteiger partial charge is 0.336 e. The van der Waals surface area contributed by atoms with Crippen LogP contribution in [-0.4, -0.2) is 9.49 Å². The molecule has 0 bridgehead atoms. The van der Waals surface area contributed by atoms with E-state index < -0.39 is 0 Å². The van der Waals surface area contributed by atoms with Gasteiger partial charge >= 0.3 is 0 Å². The number of nitro benzene ring substituents is 1. The van der Waals surface area contributed by atoms with Gasteiger partial charge in [-0.15, -0.1) is 0 Å². The van der Waals surface area contributed by atoms with E-state index in [0.29, 0.717) is 5.56 Å². The third-order valence-corrected chi connectivity index (χ3v) is 9.42. The summed E-state index contributed by atoms with van der Waals surface area (Å²) in [4.78, 5) is 12.3. The summed E-state index contributed by atoms with van der Waals surface area (Å²) in [5, 5.41) is 17.3. The molecule has 1 aromatic heterocycles. The van der Waals surface area contributed by atoms with Gasteiger partial charge in [0.1, 0.15) is 0 Å². The topological polar surface area (TPSA) is 48.1 Å². The Bertz CT molecular complexity index is 2000. The molecule has 6 aromatic rings. The van der Waals surface area contributed by atoms with E-state index in [-0.39, 0.29) is 21.4 Å². The van der Waals surface area contributed by atoms with Crippen LogP contribution in [0, 0.1) is 10.1 Å². The number of nitrogens with zero attached hydrogens (tertiary/aromatic N) is 2. The van der Waals surface area contributed by atoms with E-state index in [4.69, 9.17) is 0 Å². The number of hydrogen-bond donors (Lipinski definition) is 0. The molecule has 4 heteroatoms. The van der Waals surface area contributed by atoms with E-state index in [1.165, 1.54) is 38.2 Å². The summed E-state index contributed by atoms with van der Waals surface area (Å²) < 4.78 is 2.37. The van der Waals surface area contributed by atoms with E-state index in [2.05, 4.69) is 117 Å². The monoisotopic (exact) mass is 538 g/mol. The smallest absolute Gasteiger partial charge is 0.277 e. The van der Waals surface area contributed by atoms with Gasteiger partial charge in [-0.25, -0.2) is 0 Å². The summed E-state index contributed by atoms with van der Waals surface area (Å²) in [5.74, 6) is 0. The van der Waals surface area contributed by atoms with Gasteiger partial charge in [-0.05, 0) is 74.9 Å². The van der Waals surface area contributed by atoms with Crippen molar-refractivity contribution < 1.29 is 4.92 Å². The second-order valence-electron chi connectivity index (χ2n) is 12.9. The molecule has 0 aliphatic heterocycles. The zero-order valence-corrected chi connectivity index (χ0v) is 24.1. The molecule has 0 fully saturated rings. The van der Waals surface area contributed by atoms with E-state index in [9.17, 15) is 10.1 Å². The van der Waals surface area contributed by atoms with Crippen molar-refractivity contribution in [2.24, 2.45) is 0 Å². The SMILES string of the molecule is CC1(C)CCC(C)(C)c2cc([N+](=O)[O-])c(-c3ccc4c5c6ccccc6ccc5n(Cc5ccccc5)c4c3)cc21. The highest BCUT2D eigenvalue weighted by Crippen LogP contribution is 2.49. The molecule has 0 saturated heterocycles. The number of nitro groups is 1. The molecule has 0 amide bonds. The lowest BCUT2D eigenvalue weighted by Crippen LogP contribution is -2.34. The first-order valence-corrected chi connectivity index (χ1v) is 14.5. The van der Waals surface area contributed by atoms with Crippen molar-refractivity contribution in [3.63, 3.8) is 0 Å². The minimum atomic E-state index is -0.204. The Labute approximate surface area is 240 Å². The molecule has 0 N–H and O–H groups in total. The molecule has 0 spiro atoms. The second kappa shape index (κ2) is 9.04. The Kier molecular flexibility index (Phi) is 5.62. The molecule has 0 atom stereocenters. The first kappa shape index (κ1) is 25.5. The van der Waals surface area contributed by atoms with Crippen LogP contribution in [0.1, 0.15) is 57.2 Å². The fraction of sp³-hybridized carbons (Fsp3) is 0.243. The molecule has 1 heterocycles. The first-order valence-electron chi connectivity index (χ1n) is 14.5. The van der Waals surface area contributed by atoms with Crippen LogP contribution in [0.25, 0.3) is 43.7 Å². The standard InChI is InChI=1S/C37H34N2O2/c1-36(2)18-19-37(3,4)31-22-34(39(40)41)29(21-30(31)36)26-14-16-28-33(20-26)38(23-24-10-6-5-7-11-24)32-17-15-25-12-8-9-13-27(25)35(28)32/h5-17,20-22H,18-19,23H2,1-4H3. The molecule has 41 heavy (non-hydrogen) atoms. The van der Waals surface area contributed by atoms with Crippen molar-refractivity contribution in [1.82, 2.24) is 4.57 Å². The van der Waals surface area contributed by atoms with E-state index in [1.54, 1.807) is 0 Å². The number of hydrogen-bond acceptors (Lipinski definition) is 2. The zero-order chi connectivity index (χ0) is 28.5. The Balaban J connectivity index is 1.53. The number of rotatable bonds is 4. The first-order chi connectivity index (χ1) is 19.6. The number of aromatic nitrogens is 1. The van der Waals surface area contributed by atoms with E-state index in [1.807, 2.05) is 12.1 Å². The van der Waals surface area contributed by atoms with Crippen molar-refractivity contribution in [3.05, 3.63) is 124 Å². The lowest BCUT2D eigenvalue weighted by atomic mass is 9.62. The maximum absolute atomic E-state index is 12.5. The average molecular weight is 539 g/mol. The molecule has 5 aromatic carbocycles. The van der Waals surface area contributed by atoms with Gasteiger partial charge in [-0.2, -0.15) is 0 Å². The summed E-state index contributed by atoms with van der Waals surface area (Å²) in [6, 6.07) is 33.8. The third kappa shape index (κ3) is 4.04.